The minimum Gasteiger partial charge on any atom is -0.508 e. The van der Waals surface area contributed by atoms with Crippen LogP contribution in [0.1, 0.15) is 33.0 Å². The molecule has 7 nitrogen and oxygen atoms in total. The number of carbonyl (C=O) groups excluding carboxylic acids is 1. The molecule has 5 rings (SSSR count). The Hall–Kier alpha value is -3.74. The second-order valence-corrected chi connectivity index (χ2v) is 7.48. The highest BCUT2D eigenvalue weighted by Crippen LogP contribution is 2.42. The fourth-order valence-corrected chi connectivity index (χ4v) is 4.51. The van der Waals surface area contributed by atoms with Crippen molar-refractivity contribution in [1.82, 2.24) is 4.57 Å². The third-order valence-electron chi connectivity index (χ3n) is 5.95. The van der Waals surface area contributed by atoms with Crippen LogP contribution < -0.4 is 15.1 Å². The van der Waals surface area contributed by atoms with Gasteiger partial charge in [-0.1, -0.05) is 30.3 Å². The van der Waals surface area contributed by atoms with Gasteiger partial charge in [0.15, 0.2) is 11.3 Å². The molecule has 7 heteroatoms. The van der Waals surface area contributed by atoms with Crippen molar-refractivity contribution >= 4 is 17.3 Å². The topological polar surface area (TPSA) is 97.4 Å². The molecular formula is C22H19N3O4+2. The van der Waals surface area contributed by atoms with E-state index in [2.05, 4.69) is 4.99 Å². The van der Waals surface area contributed by atoms with Crippen molar-refractivity contribution in [3.05, 3.63) is 81.1 Å². The van der Waals surface area contributed by atoms with E-state index in [1.54, 1.807) is 37.4 Å². The molecular weight excluding hydrogens is 370 g/mol. The molecule has 2 unspecified atom stereocenters. The zero-order valence-electron chi connectivity index (χ0n) is 15.9. The summed E-state index contributed by atoms with van der Waals surface area (Å²) in [5, 5.41) is 20.1. The monoisotopic (exact) mass is 389 g/mol. The zero-order chi connectivity index (χ0) is 20.4. The number of hydrogen-bond acceptors (Lipinski definition) is 4. The quantitative estimate of drug-likeness (QED) is 0.502. The molecule has 0 amide bonds. The molecule has 0 spiro atoms. The highest BCUT2D eigenvalue weighted by Gasteiger charge is 2.52. The first-order chi connectivity index (χ1) is 13.9. The summed E-state index contributed by atoms with van der Waals surface area (Å²) in [7, 11) is 3.16. The van der Waals surface area contributed by atoms with E-state index in [9.17, 15) is 19.8 Å². The molecule has 2 atom stereocenters. The fourth-order valence-electron chi connectivity index (χ4n) is 4.51. The Kier molecular flexibility index (Phi) is 3.52. The number of rotatable bonds is 1. The highest BCUT2D eigenvalue weighted by atomic mass is 16.3. The maximum absolute atomic E-state index is 13.4. The van der Waals surface area contributed by atoms with E-state index < -0.39 is 11.8 Å². The fraction of sp³-hybridized carbons (Fsp3) is 0.182. The molecule has 3 N–H and O–H groups in total. The maximum Gasteiger partial charge on any atom is 0.519 e. The Labute approximate surface area is 165 Å². The Morgan fingerprint density at radius 1 is 0.966 bits per heavy atom. The molecule has 1 aliphatic heterocycles. The third-order valence-corrected chi connectivity index (χ3v) is 5.95. The molecule has 0 saturated heterocycles. The van der Waals surface area contributed by atoms with Crippen LogP contribution in [-0.2, 0) is 14.1 Å². The van der Waals surface area contributed by atoms with Crippen molar-refractivity contribution in [2.75, 3.05) is 0 Å². The van der Waals surface area contributed by atoms with Crippen LogP contribution in [0.3, 0.4) is 0 Å². The lowest BCUT2D eigenvalue weighted by atomic mass is 9.76. The van der Waals surface area contributed by atoms with E-state index in [4.69, 9.17) is 0 Å². The Morgan fingerprint density at radius 2 is 1.62 bits per heavy atom. The molecule has 1 aliphatic carbocycles. The first kappa shape index (κ1) is 17.4. The van der Waals surface area contributed by atoms with E-state index >= 15 is 0 Å². The maximum atomic E-state index is 13.4. The standard InChI is InChI=1S/C22H17N3O4/c1-24-20-17(21(28)25(2)22(24)29)15(11-7-9-12(26)10-8-11)16-18(23-20)13-5-3-4-6-14(13)19(16)27/h3-10,15-16,26H,1-2H3/p+2. The van der Waals surface area contributed by atoms with Crippen molar-refractivity contribution in [2.24, 2.45) is 20.0 Å². The second kappa shape index (κ2) is 5.88. The van der Waals surface area contributed by atoms with Crippen molar-refractivity contribution in [1.29, 1.82) is 0 Å². The highest BCUT2D eigenvalue weighted by molar-refractivity contribution is 6.27. The number of ketones is 1. The molecule has 2 heterocycles. The minimum absolute atomic E-state index is 0.0513. The lowest BCUT2D eigenvalue weighted by Crippen LogP contribution is -2.77. The van der Waals surface area contributed by atoms with Crippen LogP contribution in [0.25, 0.3) is 0 Å². The molecule has 0 saturated carbocycles. The molecule has 3 aromatic rings. The molecule has 144 valence electrons. The predicted octanol–water partition coefficient (Wildman–Crippen LogP) is -0.220. The number of Topliss-reactive ketones (excluding diaryl/α,β-unsaturated/α-hetero) is 1. The number of nitrogens with one attached hydrogen (secondary N) is 1. The molecule has 0 fully saturated rings. The third kappa shape index (κ3) is 2.24. The van der Waals surface area contributed by atoms with Gasteiger partial charge in [-0.25, -0.2) is 9.79 Å². The van der Waals surface area contributed by atoms with Crippen molar-refractivity contribution in [2.45, 2.75) is 5.92 Å². The average Bonchev–Trinajstić information content (AvgIpc) is 3.02. The van der Waals surface area contributed by atoms with Gasteiger partial charge in [-0.15, -0.1) is 9.13 Å². The van der Waals surface area contributed by atoms with Crippen molar-refractivity contribution < 1.29 is 24.6 Å². The van der Waals surface area contributed by atoms with Crippen LogP contribution in [0.5, 0.6) is 11.8 Å². The van der Waals surface area contributed by atoms with E-state index in [0.29, 0.717) is 16.9 Å². The van der Waals surface area contributed by atoms with Crippen LogP contribution in [-0.4, -0.2) is 26.3 Å². The number of aromatic nitrogens is 2. The molecule has 1 aromatic heterocycles. The predicted molar refractivity (Wildman–Crippen MR) is 103 cm³/mol. The summed E-state index contributed by atoms with van der Waals surface area (Å²) < 4.78 is 2.68. The van der Waals surface area contributed by atoms with Crippen LogP contribution in [0.15, 0.2) is 53.3 Å². The number of hydrogen-bond donors (Lipinski definition) is 3. The van der Waals surface area contributed by atoms with Crippen LogP contribution >= 0.6 is 0 Å². The van der Waals surface area contributed by atoms with E-state index in [0.717, 1.165) is 16.8 Å². The molecule has 2 aromatic carbocycles. The number of nitrogens with zero attached hydrogens (tertiary/aromatic N) is 2. The lowest BCUT2D eigenvalue weighted by molar-refractivity contribution is -0.724. The van der Waals surface area contributed by atoms with E-state index in [1.807, 2.05) is 18.2 Å². The normalized spacial score (nSPS) is 19.4. The average molecular weight is 389 g/mol. The van der Waals surface area contributed by atoms with Gasteiger partial charge in [-0.3, -0.25) is 4.79 Å². The van der Waals surface area contributed by atoms with Crippen LogP contribution in [0, 0.1) is 5.92 Å². The largest absolute Gasteiger partial charge is 0.519 e. The number of aromatic hydroxyl groups is 2. The number of phenols is 1. The molecule has 2 aliphatic rings. The van der Waals surface area contributed by atoms with Crippen molar-refractivity contribution in [3.63, 3.8) is 0 Å². The smallest absolute Gasteiger partial charge is 0.508 e. The van der Waals surface area contributed by atoms with Gasteiger partial charge < -0.3 is 10.2 Å². The van der Waals surface area contributed by atoms with Gasteiger partial charge in [0.1, 0.15) is 31.5 Å². The van der Waals surface area contributed by atoms with Gasteiger partial charge in [0.25, 0.3) is 0 Å². The Balaban J connectivity index is 1.89. The first-order valence-corrected chi connectivity index (χ1v) is 9.28. The van der Waals surface area contributed by atoms with E-state index in [-0.39, 0.29) is 23.1 Å². The SMILES string of the molecule is Cn1c(O)[n+](C)c2c(c1=O)C(c1ccc(O)cc1)C1C(=O)c3ccccc3C1=[NH+]2. The lowest BCUT2D eigenvalue weighted by Gasteiger charge is -2.24. The summed E-state index contributed by atoms with van der Waals surface area (Å²) in [4.78, 5) is 29.8. The van der Waals surface area contributed by atoms with Gasteiger partial charge in [0.05, 0.1) is 0 Å². The summed E-state index contributed by atoms with van der Waals surface area (Å²) in [5.41, 5.74) is 2.92. The Bertz CT molecular complexity index is 1290. The van der Waals surface area contributed by atoms with E-state index in [1.165, 1.54) is 16.2 Å². The number of fused-ring (bicyclic) bond motifs is 4. The zero-order valence-corrected chi connectivity index (χ0v) is 15.9. The van der Waals surface area contributed by atoms with Gasteiger partial charge in [-0.05, 0) is 23.8 Å². The second-order valence-electron chi connectivity index (χ2n) is 7.48. The van der Waals surface area contributed by atoms with Crippen LogP contribution in [0.4, 0.5) is 5.82 Å². The molecule has 0 bridgehead atoms. The van der Waals surface area contributed by atoms with Gasteiger partial charge in [0.2, 0.25) is 0 Å². The number of benzene rings is 2. The summed E-state index contributed by atoms with van der Waals surface area (Å²) in [6.07, 6.45) is 0. The number of phenolic OH excluding ortho intramolecular Hbond substituents is 1. The summed E-state index contributed by atoms with van der Waals surface area (Å²) >= 11 is 0. The summed E-state index contributed by atoms with van der Waals surface area (Å²) in [6, 6.07) is 13.7. The Morgan fingerprint density at radius 3 is 2.31 bits per heavy atom. The molecule has 29 heavy (non-hydrogen) atoms. The minimum atomic E-state index is -0.582. The number of carbonyl (C=O) groups is 1. The molecule has 0 radical (unpaired) electrons. The first-order valence-electron chi connectivity index (χ1n) is 9.28. The van der Waals surface area contributed by atoms with Gasteiger partial charge in [-0.2, -0.15) is 0 Å². The van der Waals surface area contributed by atoms with Crippen LogP contribution in [0.2, 0.25) is 0 Å². The summed E-state index contributed by atoms with van der Waals surface area (Å²) in [5.74, 6) is -0.615. The van der Waals surface area contributed by atoms with Crippen molar-refractivity contribution in [3.8, 4) is 11.8 Å². The summed E-state index contributed by atoms with van der Waals surface area (Å²) in [6.45, 7) is 0. The van der Waals surface area contributed by atoms with Gasteiger partial charge in [0, 0.05) is 17.0 Å². The van der Waals surface area contributed by atoms with Gasteiger partial charge >= 0.3 is 17.4 Å².